The third-order valence-corrected chi connectivity index (χ3v) is 6.60. The van der Waals surface area contributed by atoms with Gasteiger partial charge in [0.15, 0.2) is 10.9 Å². The van der Waals surface area contributed by atoms with Crippen molar-refractivity contribution in [2.45, 2.75) is 39.7 Å². The number of benzene rings is 1. The second-order valence-electron chi connectivity index (χ2n) is 8.36. The molecule has 3 N–H and O–H groups in total. The molecule has 3 aromatic heterocycles. The molecule has 1 aliphatic carbocycles. The Morgan fingerprint density at radius 3 is 3.00 bits per heavy atom. The van der Waals surface area contributed by atoms with E-state index in [2.05, 4.69) is 27.5 Å². The fraction of sp³-hybridized carbons (Fsp3) is 0.292. The number of thiazole rings is 1. The van der Waals surface area contributed by atoms with Gasteiger partial charge in [-0.3, -0.25) is 14.9 Å². The van der Waals surface area contributed by atoms with Crippen molar-refractivity contribution < 1.29 is 14.0 Å². The van der Waals surface area contributed by atoms with Crippen LogP contribution in [0.4, 0.5) is 5.13 Å². The summed E-state index contributed by atoms with van der Waals surface area (Å²) in [5.41, 5.74) is 4.99. The van der Waals surface area contributed by atoms with Crippen LogP contribution in [0.15, 0.2) is 40.1 Å². The maximum Gasteiger partial charge on any atom is 0.257 e. The molecule has 164 valence electrons. The Morgan fingerprint density at radius 2 is 2.16 bits per heavy atom. The van der Waals surface area contributed by atoms with Crippen molar-refractivity contribution in [3.05, 3.63) is 58.3 Å². The molecule has 0 saturated heterocycles. The highest BCUT2D eigenvalue weighted by molar-refractivity contribution is 7.14. The van der Waals surface area contributed by atoms with Crippen LogP contribution in [-0.4, -0.2) is 21.8 Å². The minimum absolute atomic E-state index is 0.116. The van der Waals surface area contributed by atoms with Gasteiger partial charge in [-0.2, -0.15) is 0 Å². The van der Waals surface area contributed by atoms with E-state index < -0.39 is 0 Å². The molecule has 0 spiro atoms. The van der Waals surface area contributed by atoms with Gasteiger partial charge in [-0.15, -0.1) is 11.3 Å². The smallest absolute Gasteiger partial charge is 0.257 e. The zero-order chi connectivity index (χ0) is 22.2. The molecule has 2 amide bonds. The number of carbonyl (C=O) groups excluding carboxylic acids is 2. The number of hydrogen-bond donors (Lipinski definition) is 3. The van der Waals surface area contributed by atoms with E-state index in [0.29, 0.717) is 40.4 Å². The van der Waals surface area contributed by atoms with E-state index in [1.54, 1.807) is 6.07 Å². The van der Waals surface area contributed by atoms with Crippen LogP contribution >= 0.6 is 11.3 Å². The quantitative estimate of drug-likeness (QED) is 0.404. The minimum atomic E-state index is -0.183. The first-order valence-electron chi connectivity index (χ1n) is 10.7. The minimum Gasteiger partial charge on any atom is -0.458 e. The predicted octanol–water partition coefficient (Wildman–Crippen LogP) is 4.90. The Bertz CT molecular complexity index is 1320. The summed E-state index contributed by atoms with van der Waals surface area (Å²) in [5, 5.41) is 9.08. The molecule has 0 fully saturated rings. The number of carbonyl (C=O) groups is 2. The van der Waals surface area contributed by atoms with Crippen LogP contribution in [0.2, 0.25) is 0 Å². The van der Waals surface area contributed by atoms with Gasteiger partial charge in [0.1, 0.15) is 11.5 Å². The Kier molecular flexibility index (Phi) is 5.30. The summed E-state index contributed by atoms with van der Waals surface area (Å²) in [4.78, 5) is 31.9. The van der Waals surface area contributed by atoms with Crippen LogP contribution < -0.4 is 10.6 Å². The van der Waals surface area contributed by atoms with E-state index >= 15 is 0 Å². The van der Waals surface area contributed by atoms with Crippen LogP contribution in [0.25, 0.3) is 22.4 Å². The van der Waals surface area contributed by atoms with Crippen LogP contribution in [0.3, 0.4) is 0 Å². The number of aromatic amines is 1. The first kappa shape index (κ1) is 20.5. The molecule has 7 nitrogen and oxygen atoms in total. The molecule has 0 bridgehead atoms. The van der Waals surface area contributed by atoms with E-state index in [0.717, 1.165) is 23.7 Å². The highest BCUT2D eigenvalue weighted by atomic mass is 32.1. The van der Waals surface area contributed by atoms with Crippen molar-refractivity contribution in [2.24, 2.45) is 5.92 Å². The van der Waals surface area contributed by atoms with Gasteiger partial charge >= 0.3 is 0 Å². The number of furan rings is 1. The summed E-state index contributed by atoms with van der Waals surface area (Å²) in [6, 6.07) is 9.42. The van der Waals surface area contributed by atoms with Crippen molar-refractivity contribution in [1.29, 1.82) is 0 Å². The van der Waals surface area contributed by atoms with E-state index in [4.69, 9.17) is 4.42 Å². The fourth-order valence-corrected chi connectivity index (χ4v) is 4.86. The van der Waals surface area contributed by atoms with Gasteiger partial charge in [0.05, 0.1) is 6.54 Å². The lowest BCUT2D eigenvalue weighted by molar-refractivity contribution is -0.119. The first-order chi connectivity index (χ1) is 15.5. The van der Waals surface area contributed by atoms with Gasteiger partial charge in [-0.1, -0.05) is 6.92 Å². The lowest BCUT2D eigenvalue weighted by atomic mass is 9.87. The number of anilines is 1. The fourth-order valence-electron chi connectivity index (χ4n) is 4.17. The number of fused-ring (bicyclic) bond motifs is 3. The number of amides is 2. The molecule has 4 aromatic rings. The Hall–Kier alpha value is -3.39. The SMILES string of the molecule is CC(=O)NCc1ccc(-c2csc(NC(=O)c3ccc4[nH]c5c(c4c3)CC(C)CC5)n2)o1. The average Bonchev–Trinajstić information content (AvgIpc) is 3.50. The largest absolute Gasteiger partial charge is 0.458 e. The number of aryl methyl sites for hydroxylation is 1. The van der Waals surface area contributed by atoms with Gasteiger partial charge in [-0.05, 0) is 61.1 Å². The monoisotopic (exact) mass is 448 g/mol. The summed E-state index contributed by atoms with van der Waals surface area (Å²) in [6.07, 6.45) is 3.31. The number of rotatable bonds is 5. The first-order valence-corrected chi connectivity index (χ1v) is 11.6. The summed E-state index contributed by atoms with van der Waals surface area (Å²) in [7, 11) is 0. The molecular weight excluding hydrogens is 424 g/mol. The van der Waals surface area contributed by atoms with E-state index in [9.17, 15) is 9.59 Å². The van der Waals surface area contributed by atoms with E-state index in [1.807, 2.05) is 29.6 Å². The number of nitrogens with zero attached hydrogens (tertiary/aromatic N) is 1. The third kappa shape index (κ3) is 4.05. The maximum atomic E-state index is 12.9. The van der Waals surface area contributed by atoms with Crippen LogP contribution in [-0.2, 0) is 24.2 Å². The molecule has 1 aliphatic rings. The second kappa shape index (κ2) is 8.27. The maximum absolute atomic E-state index is 12.9. The molecular formula is C24H24N4O3S. The van der Waals surface area contributed by atoms with E-state index in [1.165, 1.54) is 35.9 Å². The van der Waals surface area contributed by atoms with Gasteiger partial charge in [0.2, 0.25) is 5.91 Å². The molecule has 0 radical (unpaired) electrons. The van der Waals surface area contributed by atoms with Crippen LogP contribution in [0.1, 0.15) is 47.6 Å². The number of nitrogens with one attached hydrogen (secondary N) is 3. The molecule has 0 saturated carbocycles. The topological polar surface area (TPSA) is 100 Å². The third-order valence-electron chi connectivity index (χ3n) is 5.85. The molecule has 5 rings (SSSR count). The Labute approximate surface area is 189 Å². The molecule has 32 heavy (non-hydrogen) atoms. The van der Waals surface area contributed by atoms with Gasteiger partial charge in [-0.25, -0.2) is 4.98 Å². The number of aromatic nitrogens is 2. The highest BCUT2D eigenvalue weighted by Gasteiger charge is 2.21. The van der Waals surface area contributed by atoms with Gasteiger partial charge in [0.25, 0.3) is 5.91 Å². The Balaban J connectivity index is 1.31. The standard InChI is InChI=1S/C24H24N4O3S/c1-13-3-6-19-17(9-13)18-10-15(4-7-20(18)26-19)23(30)28-24-27-21(12-32-24)22-8-5-16(31-22)11-25-14(2)29/h4-5,7-8,10,12-13,26H,3,6,9,11H2,1-2H3,(H,25,29)(H,27,28,30). The highest BCUT2D eigenvalue weighted by Crippen LogP contribution is 2.32. The zero-order valence-corrected chi connectivity index (χ0v) is 18.8. The number of H-pyrrole nitrogens is 1. The Morgan fingerprint density at radius 1 is 1.28 bits per heavy atom. The van der Waals surface area contributed by atoms with Crippen molar-refractivity contribution in [3.63, 3.8) is 0 Å². The van der Waals surface area contributed by atoms with Crippen molar-refractivity contribution in [3.8, 4) is 11.5 Å². The van der Waals surface area contributed by atoms with Gasteiger partial charge < -0.3 is 14.7 Å². The molecule has 3 heterocycles. The lowest BCUT2D eigenvalue weighted by Gasteiger charge is -2.18. The normalized spacial score (nSPS) is 15.5. The predicted molar refractivity (Wildman–Crippen MR) is 125 cm³/mol. The average molecular weight is 449 g/mol. The second-order valence-corrected chi connectivity index (χ2v) is 9.22. The van der Waals surface area contributed by atoms with Crippen molar-refractivity contribution >= 4 is 39.2 Å². The summed E-state index contributed by atoms with van der Waals surface area (Å²) in [6.45, 7) is 4.07. The lowest BCUT2D eigenvalue weighted by Crippen LogP contribution is -2.18. The van der Waals surface area contributed by atoms with Crippen LogP contribution in [0.5, 0.6) is 0 Å². The van der Waals surface area contributed by atoms with Crippen molar-refractivity contribution in [2.75, 3.05) is 5.32 Å². The molecule has 0 aliphatic heterocycles. The van der Waals surface area contributed by atoms with Crippen molar-refractivity contribution in [1.82, 2.24) is 15.3 Å². The zero-order valence-electron chi connectivity index (χ0n) is 18.0. The van der Waals surface area contributed by atoms with Crippen LogP contribution in [0, 0.1) is 5.92 Å². The summed E-state index contributed by atoms with van der Waals surface area (Å²) < 4.78 is 5.74. The molecule has 1 aromatic carbocycles. The number of hydrogen-bond acceptors (Lipinski definition) is 5. The van der Waals surface area contributed by atoms with E-state index in [-0.39, 0.29) is 11.8 Å². The summed E-state index contributed by atoms with van der Waals surface area (Å²) >= 11 is 1.34. The van der Waals surface area contributed by atoms with Gasteiger partial charge in [0, 0.05) is 34.5 Å². The molecule has 1 atom stereocenters. The molecule has 8 heteroatoms. The molecule has 1 unspecified atom stereocenters. The summed E-state index contributed by atoms with van der Waals surface area (Å²) in [5.74, 6) is 1.60.